The van der Waals surface area contributed by atoms with Gasteiger partial charge in [-0.05, 0) is 72.1 Å². The van der Waals surface area contributed by atoms with E-state index in [1.54, 1.807) is 12.1 Å². The molecular formula is C20H29IN2O3Si. The zero-order chi connectivity index (χ0) is 20.5. The highest BCUT2D eigenvalue weighted by atomic mass is 127. The van der Waals surface area contributed by atoms with Gasteiger partial charge in [-0.15, -0.1) is 0 Å². The van der Waals surface area contributed by atoms with Crippen LogP contribution < -0.4 is 0 Å². The summed E-state index contributed by atoms with van der Waals surface area (Å²) in [7, 11) is -2.17. The molecule has 0 bridgehead atoms. The Balaban J connectivity index is 2.43. The zero-order valence-corrected chi connectivity index (χ0v) is 19.9. The molecule has 0 spiro atoms. The number of carbonyl (C=O) groups excluding carboxylic acids is 1. The summed E-state index contributed by atoms with van der Waals surface area (Å²) in [6.45, 7) is 10.7. The van der Waals surface area contributed by atoms with Gasteiger partial charge in [0.2, 0.25) is 0 Å². The topological polar surface area (TPSA) is 82.9 Å². The number of rotatable bonds is 5. The van der Waals surface area contributed by atoms with Crippen LogP contribution in [0.5, 0.6) is 0 Å². The first-order valence-electron chi connectivity index (χ1n) is 9.36. The van der Waals surface area contributed by atoms with E-state index in [0.29, 0.717) is 18.4 Å². The Morgan fingerprint density at radius 2 is 1.96 bits per heavy atom. The number of benzene rings is 1. The van der Waals surface area contributed by atoms with Crippen LogP contribution in [0.4, 0.5) is 0 Å². The van der Waals surface area contributed by atoms with Gasteiger partial charge in [0.05, 0.1) is 6.10 Å². The first kappa shape index (κ1) is 22.4. The average molecular weight is 500 g/mol. The highest BCUT2D eigenvalue weighted by Crippen LogP contribution is 2.42. The van der Waals surface area contributed by atoms with Crippen LogP contribution in [0.2, 0.25) is 18.1 Å². The van der Waals surface area contributed by atoms with Crippen molar-refractivity contribution in [1.82, 2.24) is 0 Å². The second kappa shape index (κ2) is 8.25. The third-order valence-corrected chi connectivity index (χ3v) is 11.3. The Morgan fingerprint density at radius 3 is 2.52 bits per heavy atom. The maximum Gasteiger partial charge on any atom is 0.373 e. The number of carbonyl (C=O) groups is 1. The number of hydrogen-bond acceptors (Lipinski definition) is 3. The zero-order valence-electron chi connectivity index (χ0n) is 16.8. The minimum atomic E-state index is -2.17. The Morgan fingerprint density at radius 1 is 1.33 bits per heavy atom. The molecule has 0 radical (unpaired) electrons. The molecule has 27 heavy (non-hydrogen) atoms. The summed E-state index contributed by atoms with van der Waals surface area (Å²) >= 11 is 2.08. The van der Waals surface area contributed by atoms with Gasteiger partial charge < -0.3 is 15.1 Å². The van der Waals surface area contributed by atoms with Crippen molar-refractivity contribution in [3.8, 4) is 0 Å². The first-order chi connectivity index (χ1) is 12.4. The van der Waals surface area contributed by atoms with E-state index in [-0.39, 0.29) is 10.7 Å². The molecule has 2 atom stereocenters. The Labute approximate surface area is 176 Å². The molecule has 0 unspecified atom stereocenters. The SMILES string of the molecule is CC(C)(C)[Si](C)(C)O[C@H]1CCCC[C@]1(O)C(=[N+]=[N-])C(=O)c1ccccc1I. The van der Waals surface area contributed by atoms with E-state index in [0.717, 1.165) is 16.4 Å². The highest BCUT2D eigenvalue weighted by Gasteiger charge is 2.55. The lowest BCUT2D eigenvalue weighted by Crippen LogP contribution is -2.59. The van der Waals surface area contributed by atoms with Gasteiger partial charge in [-0.25, -0.2) is 0 Å². The lowest BCUT2D eigenvalue weighted by Gasteiger charge is -2.44. The third kappa shape index (κ3) is 4.59. The fourth-order valence-electron chi connectivity index (χ4n) is 3.19. The summed E-state index contributed by atoms with van der Waals surface area (Å²) < 4.78 is 7.25. The normalized spacial score (nSPS) is 23.6. The van der Waals surface area contributed by atoms with Crippen molar-refractivity contribution in [2.75, 3.05) is 0 Å². The van der Waals surface area contributed by atoms with Gasteiger partial charge in [0.1, 0.15) is 0 Å². The molecule has 7 heteroatoms. The molecule has 148 valence electrons. The van der Waals surface area contributed by atoms with Gasteiger partial charge in [0.25, 0.3) is 5.78 Å². The van der Waals surface area contributed by atoms with E-state index in [1.807, 2.05) is 12.1 Å². The minimum Gasteiger partial charge on any atom is -0.410 e. The molecule has 1 aromatic carbocycles. The summed E-state index contributed by atoms with van der Waals surface area (Å²) in [6, 6.07) is 7.11. The van der Waals surface area contributed by atoms with Crippen molar-refractivity contribution in [3.05, 3.63) is 38.9 Å². The molecule has 1 saturated carbocycles. The minimum absolute atomic E-state index is 0.0271. The summed E-state index contributed by atoms with van der Waals surface area (Å²) in [5.74, 6) is -0.448. The summed E-state index contributed by atoms with van der Waals surface area (Å²) in [6.07, 6.45) is 2.11. The Kier molecular flexibility index (Phi) is 6.85. The summed E-state index contributed by atoms with van der Waals surface area (Å²) in [5.41, 5.74) is 8.33. The van der Waals surface area contributed by atoms with Crippen LogP contribution >= 0.6 is 22.6 Å². The summed E-state index contributed by atoms with van der Waals surface area (Å²) in [4.78, 5) is 16.4. The van der Waals surface area contributed by atoms with Crippen molar-refractivity contribution in [2.45, 2.75) is 76.3 Å². The number of aliphatic hydroxyl groups is 1. The molecule has 0 amide bonds. The maximum absolute atomic E-state index is 13.1. The van der Waals surface area contributed by atoms with Crippen LogP contribution in [0, 0.1) is 3.57 Å². The maximum atomic E-state index is 13.1. The van der Waals surface area contributed by atoms with Gasteiger partial charge in [-0.1, -0.05) is 39.3 Å². The van der Waals surface area contributed by atoms with E-state index in [2.05, 4.69) is 61.2 Å². The van der Waals surface area contributed by atoms with Gasteiger partial charge in [-0.2, -0.15) is 4.79 Å². The second-order valence-electron chi connectivity index (χ2n) is 8.79. The monoisotopic (exact) mass is 500 g/mol. The fourth-order valence-corrected chi connectivity index (χ4v) is 5.20. The van der Waals surface area contributed by atoms with Crippen LogP contribution in [-0.2, 0) is 4.43 Å². The quantitative estimate of drug-likeness (QED) is 0.157. The Hall–Kier alpha value is -0.863. The van der Waals surface area contributed by atoms with Crippen molar-refractivity contribution in [3.63, 3.8) is 0 Å². The predicted molar refractivity (Wildman–Crippen MR) is 118 cm³/mol. The van der Waals surface area contributed by atoms with Crippen LogP contribution in [0.1, 0.15) is 56.8 Å². The van der Waals surface area contributed by atoms with Crippen LogP contribution in [0.25, 0.3) is 5.53 Å². The van der Waals surface area contributed by atoms with Gasteiger partial charge in [0.15, 0.2) is 13.9 Å². The number of ketones is 1. The number of hydrogen-bond donors (Lipinski definition) is 1. The molecule has 2 rings (SSSR count). The van der Waals surface area contributed by atoms with E-state index >= 15 is 0 Å². The van der Waals surface area contributed by atoms with Gasteiger partial charge in [0, 0.05) is 9.13 Å². The number of nitrogens with zero attached hydrogens (tertiary/aromatic N) is 2. The lowest BCUT2D eigenvalue weighted by atomic mass is 9.77. The standard InChI is InChI=1S/C20H29IN2O3Si/c1-19(2,3)27(4,5)26-16-12-8-9-13-20(16,25)18(23-22)17(24)14-10-6-7-11-15(14)21/h6-7,10-11,16,25H,8-9,12-13H2,1-5H3/t16-,20+/m0/s1. The van der Waals surface area contributed by atoms with Crippen molar-refractivity contribution in [2.24, 2.45) is 0 Å². The molecular weight excluding hydrogens is 471 g/mol. The molecule has 1 aliphatic rings. The second-order valence-corrected chi connectivity index (χ2v) is 14.7. The molecule has 5 nitrogen and oxygen atoms in total. The van der Waals surface area contributed by atoms with E-state index in [9.17, 15) is 15.4 Å². The van der Waals surface area contributed by atoms with E-state index in [1.165, 1.54) is 0 Å². The Bertz CT molecular complexity index is 769. The van der Waals surface area contributed by atoms with Crippen molar-refractivity contribution < 1.29 is 19.1 Å². The largest absolute Gasteiger partial charge is 0.410 e. The number of halogens is 1. The molecule has 1 aromatic rings. The van der Waals surface area contributed by atoms with Crippen molar-refractivity contribution in [1.29, 1.82) is 0 Å². The van der Waals surface area contributed by atoms with Crippen LogP contribution in [0.3, 0.4) is 0 Å². The van der Waals surface area contributed by atoms with Crippen LogP contribution in [-0.4, -0.2) is 41.4 Å². The molecule has 0 saturated heterocycles. The van der Waals surface area contributed by atoms with Crippen molar-refractivity contribution >= 4 is 42.4 Å². The molecule has 0 aliphatic heterocycles. The highest BCUT2D eigenvalue weighted by molar-refractivity contribution is 14.1. The molecule has 1 fully saturated rings. The number of Topliss-reactive ketones (excluding diaryl/α,β-unsaturated/α-hetero) is 1. The molecule has 0 heterocycles. The van der Waals surface area contributed by atoms with E-state index in [4.69, 9.17) is 4.43 Å². The fraction of sp³-hybridized carbons (Fsp3) is 0.600. The lowest BCUT2D eigenvalue weighted by molar-refractivity contribution is -0.0890. The smallest absolute Gasteiger partial charge is 0.373 e. The van der Waals surface area contributed by atoms with Crippen LogP contribution in [0.15, 0.2) is 24.3 Å². The summed E-state index contributed by atoms with van der Waals surface area (Å²) in [5, 5.41) is 11.5. The third-order valence-electron chi connectivity index (χ3n) is 5.89. The average Bonchev–Trinajstić information content (AvgIpc) is 2.56. The van der Waals surface area contributed by atoms with Gasteiger partial charge >= 0.3 is 5.71 Å². The van der Waals surface area contributed by atoms with Gasteiger partial charge in [-0.3, -0.25) is 4.79 Å². The predicted octanol–water partition coefficient (Wildman–Crippen LogP) is 4.84. The molecule has 1 N–H and O–H groups in total. The first-order valence-corrected chi connectivity index (χ1v) is 13.3. The molecule has 1 aliphatic carbocycles. The molecule has 0 aromatic heterocycles. The van der Waals surface area contributed by atoms with E-state index < -0.39 is 25.8 Å².